The minimum atomic E-state index is -0.777. The predicted octanol–water partition coefficient (Wildman–Crippen LogP) is 5.11. The largest absolute Gasteiger partial charge is 0.359 e. The average Bonchev–Trinajstić information content (AvgIpc) is 2.94. The molecule has 1 amide bonds. The summed E-state index contributed by atoms with van der Waals surface area (Å²) in [4.78, 5) is 13.4. The molecule has 0 radical (unpaired) electrons. The molecule has 1 aromatic heterocycles. The molecule has 0 saturated heterocycles. The van der Waals surface area contributed by atoms with Crippen molar-refractivity contribution in [1.82, 2.24) is 5.16 Å². The zero-order valence-corrected chi connectivity index (χ0v) is 15.3. The normalized spacial score (nSPS) is 11.2. The Morgan fingerprint density at radius 1 is 1.33 bits per heavy atom. The maximum absolute atomic E-state index is 11.9. The van der Waals surface area contributed by atoms with Crippen molar-refractivity contribution in [2.24, 2.45) is 0 Å². The van der Waals surface area contributed by atoms with Gasteiger partial charge < -0.3 is 4.52 Å². The van der Waals surface area contributed by atoms with Gasteiger partial charge in [-0.3, -0.25) is 9.69 Å². The van der Waals surface area contributed by atoms with Crippen LogP contribution >= 0.6 is 23.2 Å². The van der Waals surface area contributed by atoms with Gasteiger partial charge in [-0.25, -0.2) is 0 Å². The van der Waals surface area contributed by atoms with E-state index < -0.39 is 5.54 Å². The first kappa shape index (κ1) is 18.4. The van der Waals surface area contributed by atoms with E-state index in [0.717, 1.165) is 0 Å². The second kappa shape index (κ2) is 7.29. The predicted molar refractivity (Wildman–Crippen MR) is 97.4 cm³/mol. The monoisotopic (exact) mass is 364 g/mol. The molecule has 6 heteroatoms. The maximum atomic E-state index is 11.9. The molecule has 0 atom stereocenters. The van der Waals surface area contributed by atoms with Crippen LogP contribution in [-0.2, 0) is 4.79 Å². The average molecular weight is 365 g/mol. The highest BCUT2D eigenvalue weighted by molar-refractivity contribution is 6.39. The van der Waals surface area contributed by atoms with Crippen LogP contribution in [0.5, 0.6) is 0 Å². The van der Waals surface area contributed by atoms with E-state index in [1.165, 1.54) is 4.90 Å². The highest BCUT2D eigenvalue weighted by Crippen LogP contribution is 2.43. The third kappa shape index (κ3) is 2.90. The number of hydrogen-bond acceptors (Lipinski definition) is 3. The molecule has 4 nitrogen and oxygen atoms in total. The highest BCUT2D eigenvalue weighted by Gasteiger charge is 2.36. The Morgan fingerprint density at radius 2 is 1.92 bits per heavy atom. The minimum Gasteiger partial charge on any atom is -0.359 e. The van der Waals surface area contributed by atoms with Gasteiger partial charge in [0.2, 0.25) is 6.41 Å². The highest BCUT2D eigenvalue weighted by atomic mass is 35.5. The summed E-state index contributed by atoms with van der Waals surface area (Å²) >= 11 is 12.6. The third-order valence-electron chi connectivity index (χ3n) is 4.28. The molecule has 0 aliphatic heterocycles. The first-order valence-corrected chi connectivity index (χ1v) is 8.34. The van der Waals surface area contributed by atoms with Gasteiger partial charge in [-0.2, -0.15) is 0 Å². The molecular formula is C18H18Cl2N2O2. The summed E-state index contributed by atoms with van der Waals surface area (Å²) in [7, 11) is 0. The second-order valence-corrected chi connectivity index (χ2v) is 6.21. The summed E-state index contributed by atoms with van der Waals surface area (Å²) in [6, 6.07) is 5.15. The van der Waals surface area contributed by atoms with Crippen LogP contribution < -0.4 is 4.90 Å². The number of nitrogens with zero attached hydrogens (tertiary/aromatic N) is 2. The molecule has 0 bridgehead atoms. The number of hydrogen-bond donors (Lipinski definition) is 0. The van der Waals surface area contributed by atoms with Gasteiger partial charge in [0, 0.05) is 5.56 Å². The molecule has 1 heterocycles. The Bertz CT molecular complexity index is 769. The molecule has 2 aromatic rings. The SMILES string of the molecule is C#CC(CC)(CC)N(C=O)c1c(-c2c(Cl)cccc2Cl)noc1C. The number of halogens is 2. The Kier molecular flexibility index (Phi) is 5.58. The lowest BCUT2D eigenvalue weighted by molar-refractivity contribution is -0.108. The quantitative estimate of drug-likeness (QED) is 0.528. The Labute approximate surface area is 151 Å². The van der Waals surface area contributed by atoms with E-state index in [1.54, 1.807) is 25.1 Å². The fraction of sp³-hybridized carbons (Fsp3) is 0.333. The molecule has 126 valence electrons. The molecular weight excluding hydrogens is 347 g/mol. The molecule has 0 spiro atoms. The molecule has 2 rings (SSSR count). The lowest BCUT2D eigenvalue weighted by Crippen LogP contribution is -2.46. The van der Waals surface area contributed by atoms with E-state index in [-0.39, 0.29) is 0 Å². The van der Waals surface area contributed by atoms with Crippen molar-refractivity contribution in [3.8, 4) is 23.6 Å². The van der Waals surface area contributed by atoms with Crippen molar-refractivity contribution < 1.29 is 9.32 Å². The van der Waals surface area contributed by atoms with Gasteiger partial charge in [0.15, 0.2) is 5.76 Å². The van der Waals surface area contributed by atoms with Crippen LogP contribution in [0.4, 0.5) is 5.69 Å². The lowest BCUT2D eigenvalue weighted by atomic mass is 9.91. The lowest BCUT2D eigenvalue weighted by Gasteiger charge is -2.36. The zero-order valence-electron chi connectivity index (χ0n) is 13.8. The van der Waals surface area contributed by atoms with Crippen molar-refractivity contribution in [3.63, 3.8) is 0 Å². The molecule has 1 aromatic carbocycles. The number of aryl methyl sites for hydroxylation is 1. The number of rotatable bonds is 6. The molecule has 0 fully saturated rings. The van der Waals surface area contributed by atoms with Gasteiger partial charge in [-0.15, -0.1) is 6.42 Å². The van der Waals surface area contributed by atoms with E-state index in [2.05, 4.69) is 11.1 Å². The zero-order chi connectivity index (χ0) is 17.9. The number of anilines is 1. The van der Waals surface area contributed by atoms with Crippen LogP contribution in [0.25, 0.3) is 11.3 Å². The van der Waals surface area contributed by atoms with Crippen molar-refractivity contribution in [2.45, 2.75) is 39.2 Å². The number of benzene rings is 1. The van der Waals surface area contributed by atoms with Crippen LogP contribution in [0.3, 0.4) is 0 Å². The fourth-order valence-electron chi connectivity index (χ4n) is 2.77. The Balaban J connectivity index is 2.75. The molecule has 0 saturated carbocycles. The summed E-state index contributed by atoms with van der Waals surface area (Å²) in [5.41, 5.74) is 0.622. The van der Waals surface area contributed by atoms with Crippen molar-refractivity contribution in [2.75, 3.05) is 4.90 Å². The minimum absolute atomic E-state index is 0.400. The first-order valence-electron chi connectivity index (χ1n) is 7.58. The van der Waals surface area contributed by atoms with E-state index in [4.69, 9.17) is 34.1 Å². The van der Waals surface area contributed by atoms with E-state index in [1.807, 2.05) is 13.8 Å². The number of terminal acetylenes is 1. The summed E-state index contributed by atoms with van der Waals surface area (Å²) in [6.07, 6.45) is 7.63. The van der Waals surface area contributed by atoms with E-state index >= 15 is 0 Å². The van der Waals surface area contributed by atoms with Gasteiger partial charge in [0.05, 0.1) is 10.0 Å². The topological polar surface area (TPSA) is 46.3 Å². The number of amides is 1. The van der Waals surface area contributed by atoms with Gasteiger partial charge in [0.1, 0.15) is 16.9 Å². The van der Waals surface area contributed by atoms with Crippen molar-refractivity contribution in [3.05, 3.63) is 34.0 Å². The van der Waals surface area contributed by atoms with Crippen LogP contribution in [0.15, 0.2) is 22.7 Å². The Morgan fingerprint density at radius 3 is 2.38 bits per heavy atom. The molecule has 0 N–H and O–H groups in total. The number of aromatic nitrogens is 1. The molecule has 0 aliphatic rings. The van der Waals surface area contributed by atoms with Gasteiger partial charge in [0.25, 0.3) is 0 Å². The van der Waals surface area contributed by atoms with Crippen molar-refractivity contribution in [1.29, 1.82) is 0 Å². The Hall–Kier alpha value is -1.96. The number of carbonyl (C=O) groups excluding carboxylic acids is 1. The van der Waals surface area contributed by atoms with Gasteiger partial charge in [-0.05, 0) is 31.9 Å². The molecule has 0 aliphatic carbocycles. The first-order chi connectivity index (χ1) is 11.5. The maximum Gasteiger partial charge on any atom is 0.215 e. The van der Waals surface area contributed by atoms with Crippen LogP contribution in [0.1, 0.15) is 32.4 Å². The molecule has 24 heavy (non-hydrogen) atoms. The fourth-order valence-corrected chi connectivity index (χ4v) is 3.35. The number of carbonyl (C=O) groups is 1. The van der Waals surface area contributed by atoms with Gasteiger partial charge >= 0.3 is 0 Å². The standard InChI is InChI=1S/C18H18Cl2N2O2/c1-5-18(6-2,7-3)22(11-23)17-12(4)24-21-16(17)15-13(19)9-8-10-14(15)20/h1,8-11H,6-7H2,2-4H3. The smallest absolute Gasteiger partial charge is 0.215 e. The van der Waals surface area contributed by atoms with Gasteiger partial charge in [-0.1, -0.05) is 54.2 Å². The van der Waals surface area contributed by atoms with Crippen LogP contribution in [-0.4, -0.2) is 17.1 Å². The summed E-state index contributed by atoms with van der Waals surface area (Å²) in [6.45, 7) is 5.59. The van der Waals surface area contributed by atoms with Crippen LogP contribution in [0.2, 0.25) is 10.0 Å². The van der Waals surface area contributed by atoms with E-state index in [0.29, 0.717) is 52.0 Å². The summed E-state index contributed by atoms with van der Waals surface area (Å²) in [5, 5.41) is 4.92. The second-order valence-electron chi connectivity index (χ2n) is 5.39. The van der Waals surface area contributed by atoms with Crippen molar-refractivity contribution >= 4 is 35.3 Å². The van der Waals surface area contributed by atoms with E-state index in [9.17, 15) is 4.79 Å². The summed E-state index contributed by atoms with van der Waals surface area (Å²) in [5.74, 6) is 3.22. The molecule has 0 unspecified atom stereocenters. The third-order valence-corrected chi connectivity index (χ3v) is 4.91. The van der Waals surface area contributed by atoms with Crippen LogP contribution in [0, 0.1) is 19.3 Å². The summed E-state index contributed by atoms with van der Waals surface area (Å²) < 4.78 is 5.34.